The Morgan fingerprint density at radius 3 is 2.71 bits per heavy atom. The summed E-state index contributed by atoms with van der Waals surface area (Å²) in [5.41, 5.74) is 7.65. The number of H-pyrrole nitrogens is 1. The van der Waals surface area contributed by atoms with Crippen LogP contribution < -0.4 is 5.73 Å². The van der Waals surface area contributed by atoms with Gasteiger partial charge in [-0.3, -0.25) is 0 Å². The molecule has 0 spiro atoms. The first-order chi connectivity index (χ1) is 8.20. The number of benzene rings is 1. The molecule has 0 fully saturated rings. The van der Waals surface area contributed by atoms with Gasteiger partial charge in [0.2, 0.25) is 0 Å². The van der Waals surface area contributed by atoms with E-state index in [0.717, 1.165) is 10.9 Å². The maximum atomic E-state index is 11.4. The number of esters is 1. The van der Waals surface area contributed by atoms with E-state index < -0.39 is 0 Å². The van der Waals surface area contributed by atoms with E-state index in [1.54, 1.807) is 19.1 Å². The predicted octanol–water partition coefficient (Wildman–Crippen LogP) is 2.95. The number of anilines is 1. The van der Waals surface area contributed by atoms with Crippen LogP contribution in [0.4, 0.5) is 5.69 Å². The van der Waals surface area contributed by atoms with Gasteiger partial charge in [0.1, 0.15) is 5.69 Å². The molecule has 1 aromatic carbocycles. The third-order valence-corrected chi connectivity index (χ3v) is 2.14. The number of nitrogen functional groups attached to an aromatic ring is 1. The summed E-state index contributed by atoms with van der Waals surface area (Å²) in [6, 6.07) is 7.18. The third kappa shape index (κ3) is 3.00. The molecule has 0 saturated carbocycles. The summed E-state index contributed by atoms with van der Waals surface area (Å²) < 4.78 is 4.89. The van der Waals surface area contributed by atoms with Gasteiger partial charge in [-0.1, -0.05) is 13.8 Å². The zero-order chi connectivity index (χ0) is 12.8. The zero-order valence-corrected chi connectivity index (χ0v) is 10.4. The van der Waals surface area contributed by atoms with E-state index in [0.29, 0.717) is 18.0 Å². The molecule has 2 aromatic rings. The summed E-state index contributed by atoms with van der Waals surface area (Å²) in [7, 11) is 0. The average molecular weight is 234 g/mol. The van der Waals surface area contributed by atoms with Crippen LogP contribution in [0.15, 0.2) is 24.3 Å². The first-order valence-electron chi connectivity index (χ1n) is 5.76. The molecule has 2 rings (SSSR count). The van der Waals surface area contributed by atoms with Crippen molar-refractivity contribution < 1.29 is 9.53 Å². The molecule has 4 nitrogen and oxygen atoms in total. The molecule has 92 valence electrons. The van der Waals surface area contributed by atoms with E-state index in [-0.39, 0.29) is 5.97 Å². The Labute approximate surface area is 101 Å². The molecule has 3 N–H and O–H groups in total. The number of nitrogens with one attached hydrogen (secondary N) is 1. The van der Waals surface area contributed by atoms with Crippen LogP contribution in [-0.4, -0.2) is 17.6 Å². The van der Waals surface area contributed by atoms with Crippen LogP contribution in [0.25, 0.3) is 10.9 Å². The van der Waals surface area contributed by atoms with E-state index in [1.807, 2.05) is 26.0 Å². The molecule has 0 aliphatic carbocycles. The topological polar surface area (TPSA) is 68.1 Å². The van der Waals surface area contributed by atoms with Crippen molar-refractivity contribution in [2.24, 2.45) is 0 Å². The minimum Gasteiger partial charge on any atom is -0.461 e. The van der Waals surface area contributed by atoms with Crippen molar-refractivity contribution in [3.8, 4) is 0 Å². The second kappa shape index (κ2) is 5.94. The highest BCUT2D eigenvalue weighted by atomic mass is 16.5. The molecule has 0 atom stereocenters. The van der Waals surface area contributed by atoms with Gasteiger partial charge in [0.05, 0.1) is 6.61 Å². The average Bonchev–Trinajstić information content (AvgIpc) is 2.75. The van der Waals surface area contributed by atoms with Crippen LogP contribution in [0.1, 0.15) is 31.3 Å². The zero-order valence-electron chi connectivity index (χ0n) is 10.4. The van der Waals surface area contributed by atoms with Gasteiger partial charge in [0.25, 0.3) is 0 Å². The second-order valence-corrected chi connectivity index (χ2v) is 3.25. The van der Waals surface area contributed by atoms with E-state index in [2.05, 4.69) is 4.98 Å². The van der Waals surface area contributed by atoms with E-state index in [1.165, 1.54) is 0 Å². The lowest BCUT2D eigenvalue weighted by atomic mass is 10.2. The first-order valence-corrected chi connectivity index (χ1v) is 5.76. The van der Waals surface area contributed by atoms with Crippen molar-refractivity contribution in [1.29, 1.82) is 0 Å². The molecule has 0 saturated heterocycles. The van der Waals surface area contributed by atoms with Crippen LogP contribution >= 0.6 is 0 Å². The molecular weight excluding hydrogens is 216 g/mol. The summed E-state index contributed by atoms with van der Waals surface area (Å²) in [6.45, 7) is 6.15. The fraction of sp³-hybridized carbons (Fsp3) is 0.308. The minimum absolute atomic E-state index is 0.340. The van der Waals surface area contributed by atoms with Gasteiger partial charge in [-0.05, 0) is 31.2 Å². The molecule has 4 heteroatoms. The number of carbonyl (C=O) groups is 1. The minimum atomic E-state index is -0.340. The standard InChI is InChI=1S/C11H12N2O2.C2H6/c1-2-15-11(14)10-6-7-5-8(12)3-4-9(7)13-10;1-2/h3-6,13H,2,12H2,1H3;1-2H3. The Morgan fingerprint density at radius 2 is 2.06 bits per heavy atom. The number of rotatable bonds is 2. The fourth-order valence-electron chi connectivity index (χ4n) is 1.47. The van der Waals surface area contributed by atoms with E-state index in [4.69, 9.17) is 10.5 Å². The molecule has 1 heterocycles. The number of hydrogen-bond acceptors (Lipinski definition) is 3. The first kappa shape index (κ1) is 13.1. The number of fused-ring (bicyclic) bond motifs is 1. The number of aromatic nitrogens is 1. The van der Waals surface area contributed by atoms with Gasteiger partial charge < -0.3 is 15.5 Å². The Bertz CT molecular complexity index is 503. The van der Waals surface area contributed by atoms with Crippen molar-refractivity contribution in [2.75, 3.05) is 12.3 Å². The normalized spacial score (nSPS) is 9.59. The molecule has 0 amide bonds. The summed E-state index contributed by atoms with van der Waals surface area (Å²) in [6.07, 6.45) is 0. The summed E-state index contributed by atoms with van der Waals surface area (Å²) in [5.74, 6) is -0.340. The molecule has 0 bridgehead atoms. The van der Waals surface area contributed by atoms with E-state index >= 15 is 0 Å². The van der Waals surface area contributed by atoms with Gasteiger partial charge in [0.15, 0.2) is 0 Å². The molecular formula is C13H18N2O2. The Kier molecular flexibility index (Phi) is 4.57. The lowest BCUT2D eigenvalue weighted by Crippen LogP contribution is -2.04. The molecule has 0 unspecified atom stereocenters. The predicted molar refractivity (Wildman–Crippen MR) is 70.0 cm³/mol. The van der Waals surface area contributed by atoms with Crippen molar-refractivity contribution in [2.45, 2.75) is 20.8 Å². The number of carbonyl (C=O) groups excluding carboxylic acids is 1. The smallest absolute Gasteiger partial charge is 0.354 e. The van der Waals surface area contributed by atoms with Crippen LogP contribution in [0.3, 0.4) is 0 Å². The van der Waals surface area contributed by atoms with Gasteiger partial charge >= 0.3 is 5.97 Å². The van der Waals surface area contributed by atoms with Crippen molar-refractivity contribution >= 4 is 22.6 Å². The molecule has 17 heavy (non-hydrogen) atoms. The number of ether oxygens (including phenoxy) is 1. The molecule has 0 radical (unpaired) electrons. The number of aromatic amines is 1. The summed E-state index contributed by atoms with van der Waals surface area (Å²) in [5, 5.41) is 0.915. The molecule has 1 aromatic heterocycles. The van der Waals surface area contributed by atoms with Gasteiger partial charge in [-0.2, -0.15) is 0 Å². The largest absolute Gasteiger partial charge is 0.461 e. The second-order valence-electron chi connectivity index (χ2n) is 3.25. The highest BCUT2D eigenvalue weighted by Crippen LogP contribution is 2.18. The van der Waals surface area contributed by atoms with Crippen molar-refractivity contribution in [1.82, 2.24) is 4.98 Å². The van der Waals surface area contributed by atoms with Crippen LogP contribution in [0.2, 0.25) is 0 Å². The SMILES string of the molecule is CC.CCOC(=O)c1cc2cc(N)ccc2[nH]1. The van der Waals surface area contributed by atoms with Crippen LogP contribution in [0, 0.1) is 0 Å². The summed E-state index contributed by atoms with van der Waals surface area (Å²) in [4.78, 5) is 14.4. The Hall–Kier alpha value is -1.97. The lowest BCUT2D eigenvalue weighted by Gasteiger charge is -1.96. The highest BCUT2D eigenvalue weighted by Gasteiger charge is 2.09. The van der Waals surface area contributed by atoms with Crippen molar-refractivity contribution in [3.63, 3.8) is 0 Å². The molecule has 0 aliphatic heterocycles. The lowest BCUT2D eigenvalue weighted by molar-refractivity contribution is 0.0520. The third-order valence-electron chi connectivity index (χ3n) is 2.14. The van der Waals surface area contributed by atoms with Gasteiger partial charge in [-0.15, -0.1) is 0 Å². The number of hydrogen-bond donors (Lipinski definition) is 2. The maximum absolute atomic E-state index is 11.4. The quantitative estimate of drug-likeness (QED) is 0.620. The Balaban J connectivity index is 0.000000686. The fourth-order valence-corrected chi connectivity index (χ4v) is 1.47. The van der Waals surface area contributed by atoms with E-state index in [9.17, 15) is 4.79 Å². The van der Waals surface area contributed by atoms with Gasteiger partial charge in [0, 0.05) is 16.6 Å². The van der Waals surface area contributed by atoms with Crippen molar-refractivity contribution in [3.05, 3.63) is 30.0 Å². The monoisotopic (exact) mass is 234 g/mol. The summed E-state index contributed by atoms with van der Waals surface area (Å²) >= 11 is 0. The highest BCUT2D eigenvalue weighted by molar-refractivity contribution is 5.95. The molecule has 0 aliphatic rings. The van der Waals surface area contributed by atoms with Gasteiger partial charge in [-0.25, -0.2) is 4.79 Å². The maximum Gasteiger partial charge on any atom is 0.354 e. The Morgan fingerprint density at radius 1 is 1.35 bits per heavy atom. The van der Waals surface area contributed by atoms with Crippen LogP contribution in [0.5, 0.6) is 0 Å². The number of nitrogens with two attached hydrogens (primary N) is 1. The van der Waals surface area contributed by atoms with Crippen LogP contribution in [-0.2, 0) is 4.74 Å².